The van der Waals surface area contributed by atoms with Crippen LogP contribution in [0.15, 0.2) is 77.2 Å². The molecule has 0 saturated carbocycles. The molecule has 0 N–H and O–H groups in total. The van der Waals surface area contributed by atoms with E-state index in [4.69, 9.17) is 20.8 Å². The van der Waals surface area contributed by atoms with E-state index in [0.717, 1.165) is 5.56 Å². The maximum Gasteiger partial charge on any atom is 0.343 e. The molecule has 0 spiro atoms. The predicted octanol–water partition coefficient (Wildman–Crippen LogP) is 5.37. The van der Waals surface area contributed by atoms with Crippen LogP contribution in [0.25, 0.3) is 22.6 Å². The highest BCUT2D eigenvalue weighted by molar-refractivity contribution is 6.30. The highest BCUT2D eigenvalue weighted by Gasteiger charge is 2.12. The van der Waals surface area contributed by atoms with E-state index >= 15 is 0 Å². The summed E-state index contributed by atoms with van der Waals surface area (Å²) in [4.78, 5) is 16.6. The van der Waals surface area contributed by atoms with E-state index in [9.17, 15) is 4.79 Å². The van der Waals surface area contributed by atoms with E-state index in [-0.39, 0.29) is 0 Å². The van der Waals surface area contributed by atoms with Crippen molar-refractivity contribution in [1.82, 2.24) is 4.98 Å². The Morgan fingerprint density at radius 1 is 0.960 bits per heavy atom. The minimum absolute atomic E-state index is 0.392. The number of carbonyl (C=O) groups is 1. The van der Waals surface area contributed by atoms with Gasteiger partial charge in [-0.3, -0.25) is 0 Å². The van der Waals surface area contributed by atoms with Gasteiger partial charge in [0.25, 0.3) is 0 Å². The molecule has 4 rings (SSSR count). The fourth-order valence-corrected chi connectivity index (χ4v) is 2.55. The Balaban J connectivity index is 1.61. The lowest BCUT2D eigenvalue weighted by Gasteiger charge is -2.03. The highest BCUT2D eigenvalue weighted by Crippen LogP contribution is 2.27. The Kier molecular flexibility index (Phi) is 3.96. The number of aromatic nitrogens is 1. The summed E-state index contributed by atoms with van der Waals surface area (Å²) in [5.41, 5.74) is 2.57. The van der Waals surface area contributed by atoms with Gasteiger partial charge >= 0.3 is 5.97 Å². The van der Waals surface area contributed by atoms with E-state index in [1.807, 2.05) is 30.3 Å². The molecule has 0 amide bonds. The van der Waals surface area contributed by atoms with Gasteiger partial charge in [0.2, 0.25) is 5.89 Å². The first kappa shape index (κ1) is 15.4. The summed E-state index contributed by atoms with van der Waals surface area (Å²) in [5.74, 6) is 0.457. The molecule has 1 heterocycles. The minimum Gasteiger partial charge on any atom is -0.436 e. The number of halogens is 1. The monoisotopic (exact) mass is 349 g/mol. The van der Waals surface area contributed by atoms with Gasteiger partial charge in [-0.2, -0.15) is 0 Å². The molecule has 1 aromatic heterocycles. The fraction of sp³-hybridized carbons (Fsp3) is 0. The molecular formula is C20H12ClNO3. The molecule has 0 unspecified atom stereocenters. The van der Waals surface area contributed by atoms with E-state index in [2.05, 4.69) is 4.98 Å². The first-order valence-corrected chi connectivity index (χ1v) is 8.00. The first-order chi connectivity index (χ1) is 12.2. The summed E-state index contributed by atoms with van der Waals surface area (Å²) in [7, 11) is 0. The van der Waals surface area contributed by atoms with Crippen molar-refractivity contribution in [3.63, 3.8) is 0 Å². The van der Waals surface area contributed by atoms with Crippen LogP contribution in [-0.2, 0) is 0 Å². The third kappa shape index (κ3) is 3.25. The quantitative estimate of drug-likeness (QED) is 0.368. The van der Waals surface area contributed by atoms with Crippen molar-refractivity contribution in [2.24, 2.45) is 0 Å². The number of carbonyl (C=O) groups excluding carboxylic acids is 1. The summed E-state index contributed by atoms with van der Waals surface area (Å²) in [6, 6.07) is 21.2. The average Bonchev–Trinajstić information content (AvgIpc) is 3.06. The smallest absolute Gasteiger partial charge is 0.343 e. The molecule has 3 aromatic carbocycles. The largest absolute Gasteiger partial charge is 0.436 e. The average molecular weight is 350 g/mol. The number of ether oxygens (including phenoxy) is 1. The molecule has 0 bridgehead atoms. The van der Waals surface area contributed by atoms with E-state index in [1.165, 1.54) is 0 Å². The molecule has 0 aliphatic carbocycles. The maximum atomic E-state index is 12.2. The van der Waals surface area contributed by atoms with E-state index in [0.29, 0.717) is 33.3 Å². The van der Waals surface area contributed by atoms with Gasteiger partial charge in [-0.25, -0.2) is 9.78 Å². The second-order valence-corrected chi connectivity index (χ2v) is 5.85. The summed E-state index contributed by atoms with van der Waals surface area (Å²) < 4.78 is 11.2. The zero-order valence-corrected chi connectivity index (χ0v) is 13.7. The van der Waals surface area contributed by atoms with Gasteiger partial charge in [0.15, 0.2) is 5.58 Å². The van der Waals surface area contributed by atoms with Crippen LogP contribution < -0.4 is 4.74 Å². The van der Waals surface area contributed by atoms with Gasteiger partial charge in [-0.05, 0) is 48.5 Å². The molecule has 0 aliphatic rings. The third-order valence-corrected chi connectivity index (χ3v) is 3.92. The van der Waals surface area contributed by atoms with Crippen molar-refractivity contribution in [3.8, 4) is 17.2 Å². The lowest BCUT2D eigenvalue weighted by atomic mass is 10.2. The van der Waals surface area contributed by atoms with Crippen LogP contribution in [0.5, 0.6) is 5.75 Å². The van der Waals surface area contributed by atoms with Crippen LogP contribution in [0.2, 0.25) is 5.02 Å². The number of benzene rings is 3. The molecule has 4 nitrogen and oxygen atoms in total. The standard InChI is InChI=1S/C20H12ClNO3/c21-15-8-6-14(7-9-15)20(23)24-16-10-11-17-18(12-16)25-19(22-17)13-4-2-1-3-5-13/h1-12H. The van der Waals surface area contributed by atoms with Crippen molar-refractivity contribution >= 4 is 28.7 Å². The van der Waals surface area contributed by atoms with Crippen molar-refractivity contribution in [2.45, 2.75) is 0 Å². The zero-order chi connectivity index (χ0) is 17.2. The van der Waals surface area contributed by atoms with Gasteiger partial charge in [0, 0.05) is 16.7 Å². The van der Waals surface area contributed by atoms with E-state index < -0.39 is 5.97 Å². The molecule has 0 saturated heterocycles. The molecule has 122 valence electrons. The maximum absolute atomic E-state index is 12.2. The minimum atomic E-state index is -0.459. The van der Waals surface area contributed by atoms with Crippen molar-refractivity contribution in [1.29, 1.82) is 0 Å². The second-order valence-electron chi connectivity index (χ2n) is 5.41. The number of rotatable bonds is 3. The Morgan fingerprint density at radius 3 is 2.48 bits per heavy atom. The number of oxazole rings is 1. The van der Waals surface area contributed by atoms with E-state index in [1.54, 1.807) is 42.5 Å². The molecule has 4 aromatic rings. The van der Waals surface area contributed by atoms with Crippen molar-refractivity contribution in [2.75, 3.05) is 0 Å². The van der Waals surface area contributed by atoms with Gasteiger partial charge < -0.3 is 9.15 Å². The lowest BCUT2D eigenvalue weighted by Crippen LogP contribution is -2.07. The normalized spacial score (nSPS) is 10.8. The molecule has 0 atom stereocenters. The molecule has 5 heteroatoms. The van der Waals surface area contributed by atoms with Gasteiger partial charge in [-0.1, -0.05) is 29.8 Å². The fourth-order valence-electron chi connectivity index (χ4n) is 2.42. The van der Waals surface area contributed by atoms with Crippen LogP contribution in [0.4, 0.5) is 0 Å². The number of esters is 1. The number of hydrogen-bond acceptors (Lipinski definition) is 4. The molecule has 0 fully saturated rings. The first-order valence-electron chi connectivity index (χ1n) is 7.63. The van der Waals surface area contributed by atoms with Crippen LogP contribution in [0, 0.1) is 0 Å². The van der Waals surface area contributed by atoms with Gasteiger partial charge in [-0.15, -0.1) is 0 Å². The number of nitrogens with zero attached hydrogens (tertiary/aromatic N) is 1. The van der Waals surface area contributed by atoms with Gasteiger partial charge in [0.1, 0.15) is 11.3 Å². The number of fused-ring (bicyclic) bond motifs is 1. The van der Waals surface area contributed by atoms with Crippen LogP contribution in [-0.4, -0.2) is 11.0 Å². The van der Waals surface area contributed by atoms with Crippen LogP contribution in [0.1, 0.15) is 10.4 Å². The third-order valence-electron chi connectivity index (χ3n) is 3.67. The van der Waals surface area contributed by atoms with Crippen molar-refractivity contribution < 1.29 is 13.9 Å². The number of hydrogen-bond donors (Lipinski definition) is 0. The summed E-state index contributed by atoms with van der Waals surface area (Å²) >= 11 is 5.82. The molecule has 25 heavy (non-hydrogen) atoms. The summed E-state index contributed by atoms with van der Waals surface area (Å²) in [6.07, 6.45) is 0. The van der Waals surface area contributed by atoms with Gasteiger partial charge in [0.05, 0.1) is 5.56 Å². The molecule has 0 aliphatic heterocycles. The topological polar surface area (TPSA) is 52.3 Å². The highest BCUT2D eigenvalue weighted by atomic mass is 35.5. The Labute approximate surface area is 148 Å². The molecule has 0 radical (unpaired) electrons. The Bertz CT molecular complexity index is 1040. The Morgan fingerprint density at radius 2 is 1.72 bits per heavy atom. The van der Waals surface area contributed by atoms with Crippen molar-refractivity contribution in [3.05, 3.63) is 83.4 Å². The zero-order valence-electron chi connectivity index (χ0n) is 13.0. The second kappa shape index (κ2) is 6.42. The molecular weight excluding hydrogens is 338 g/mol. The summed E-state index contributed by atoms with van der Waals surface area (Å²) in [5, 5.41) is 0.563. The van der Waals surface area contributed by atoms with Crippen LogP contribution in [0.3, 0.4) is 0 Å². The predicted molar refractivity (Wildman–Crippen MR) is 95.9 cm³/mol. The lowest BCUT2D eigenvalue weighted by molar-refractivity contribution is 0.0735. The van der Waals surface area contributed by atoms with Crippen LogP contribution >= 0.6 is 11.6 Å². The summed E-state index contributed by atoms with van der Waals surface area (Å²) in [6.45, 7) is 0. The Hall–Kier alpha value is -3.11. The SMILES string of the molecule is O=C(Oc1ccc2nc(-c3ccccc3)oc2c1)c1ccc(Cl)cc1.